The van der Waals surface area contributed by atoms with Crippen molar-refractivity contribution in [3.8, 4) is 0 Å². The lowest BCUT2D eigenvalue weighted by Crippen LogP contribution is -2.54. The lowest BCUT2D eigenvalue weighted by molar-refractivity contribution is 0.0480. The van der Waals surface area contributed by atoms with Crippen LogP contribution >= 0.6 is 0 Å². The molecule has 2 rings (SSSR count). The topological polar surface area (TPSA) is 35.2 Å². The molecule has 2 aliphatic rings. The Balaban J connectivity index is 1.96. The maximum atomic E-state index is 6.81. The van der Waals surface area contributed by atoms with Gasteiger partial charge in [-0.3, -0.25) is 0 Å². The molecule has 1 saturated carbocycles. The van der Waals surface area contributed by atoms with Gasteiger partial charge >= 0.3 is 0 Å². The van der Waals surface area contributed by atoms with Crippen molar-refractivity contribution >= 4 is 0 Å². The van der Waals surface area contributed by atoms with Gasteiger partial charge < -0.3 is 10.5 Å². The van der Waals surface area contributed by atoms with E-state index in [9.17, 15) is 0 Å². The highest BCUT2D eigenvalue weighted by Crippen LogP contribution is 2.45. The summed E-state index contributed by atoms with van der Waals surface area (Å²) >= 11 is 0. The Labute approximate surface area is 113 Å². The normalized spacial score (nSPS) is 38.0. The van der Waals surface area contributed by atoms with Crippen LogP contribution < -0.4 is 5.73 Å². The van der Waals surface area contributed by atoms with Crippen LogP contribution in [0.4, 0.5) is 0 Å². The summed E-state index contributed by atoms with van der Waals surface area (Å²) in [5.74, 6) is 0.667. The molecular formula is C16H31NO. The van der Waals surface area contributed by atoms with Crippen molar-refractivity contribution < 1.29 is 4.74 Å². The van der Waals surface area contributed by atoms with Gasteiger partial charge in [-0.1, -0.05) is 33.6 Å². The largest absolute Gasteiger partial charge is 0.378 e. The minimum Gasteiger partial charge on any atom is -0.378 e. The molecule has 3 unspecified atom stereocenters. The molecule has 0 aromatic heterocycles. The molecule has 2 heteroatoms. The average molecular weight is 253 g/mol. The van der Waals surface area contributed by atoms with Gasteiger partial charge in [0.25, 0.3) is 0 Å². The molecule has 0 spiro atoms. The van der Waals surface area contributed by atoms with E-state index in [1.54, 1.807) is 0 Å². The molecule has 2 N–H and O–H groups in total. The van der Waals surface area contributed by atoms with Gasteiger partial charge in [-0.15, -0.1) is 0 Å². The Morgan fingerprint density at radius 2 is 1.94 bits per heavy atom. The predicted octanol–water partition coefficient (Wildman–Crippen LogP) is 3.88. The summed E-state index contributed by atoms with van der Waals surface area (Å²) in [5.41, 5.74) is 7.21. The minimum atomic E-state index is 0.0580. The zero-order valence-electron chi connectivity index (χ0n) is 12.5. The molecule has 1 aliphatic carbocycles. The molecule has 2 nitrogen and oxygen atoms in total. The van der Waals surface area contributed by atoms with Crippen LogP contribution in [-0.4, -0.2) is 18.2 Å². The summed E-state index contributed by atoms with van der Waals surface area (Å²) in [5, 5.41) is 0. The second-order valence-electron chi connectivity index (χ2n) is 7.57. The zero-order chi connectivity index (χ0) is 13.2. The molecule has 3 atom stereocenters. The Hall–Kier alpha value is -0.0800. The maximum absolute atomic E-state index is 6.81. The smallest absolute Gasteiger partial charge is 0.0576 e. The summed E-state index contributed by atoms with van der Waals surface area (Å²) in [6.45, 7) is 8.04. The average Bonchev–Trinajstić information content (AvgIpc) is 2.78. The Morgan fingerprint density at radius 3 is 2.56 bits per heavy atom. The third kappa shape index (κ3) is 3.27. The van der Waals surface area contributed by atoms with Gasteiger partial charge in [0, 0.05) is 12.1 Å². The van der Waals surface area contributed by atoms with Gasteiger partial charge in [-0.2, -0.15) is 0 Å². The summed E-state index contributed by atoms with van der Waals surface area (Å²) < 4.78 is 5.75. The van der Waals surface area contributed by atoms with E-state index in [4.69, 9.17) is 10.5 Å². The maximum Gasteiger partial charge on any atom is 0.0576 e. The molecule has 0 aromatic rings. The highest BCUT2D eigenvalue weighted by Gasteiger charge is 2.43. The number of rotatable bonds is 3. The highest BCUT2D eigenvalue weighted by atomic mass is 16.5. The van der Waals surface area contributed by atoms with Crippen molar-refractivity contribution in [2.75, 3.05) is 6.61 Å². The second kappa shape index (κ2) is 5.50. The third-order valence-corrected chi connectivity index (χ3v) is 5.08. The Morgan fingerprint density at radius 1 is 1.17 bits per heavy atom. The van der Waals surface area contributed by atoms with Gasteiger partial charge in [-0.05, 0) is 49.9 Å². The van der Waals surface area contributed by atoms with Crippen LogP contribution in [0.3, 0.4) is 0 Å². The quantitative estimate of drug-likeness (QED) is 0.828. The number of nitrogens with two attached hydrogens (primary N) is 1. The molecule has 106 valence electrons. The fourth-order valence-electron chi connectivity index (χ4n) is 4.16. The number of hydrogen-bond acceptors (Lipinski definition) is 2. The van der Waals surface area contributed by atoms with Crippen molar-refractivity contribution in [1.82, 2.24) is 0 Å². The Kier molecular flexibility index (Phi) is 4.38. The van der Waals surface area contributed by atoms with E-state index in [2.05, 4.69) is 20.8 Å². The van der Waals surface area contributed by atoms with Crippen LogP contribution in [0.5, 0.6) is 0 Å². The first-order valence-electron chi connectivity index (χ1n) is 7.82. The summed E-state index contributed by atoms with van der Waals surface area (Å²) in [7, 11) is 0. The van der Waals surface area contributed by atoms with E-state index in [0.717, 1.165) is 13.0 Å². The minimum absolute atomic E-state index is 0.0580. The molecule has 0 radical (unpaired) electrons. The van der Waals surface area contributed by atoms with E-state index >= 15 is 0 Å². The first-order valence-corrected chi connectivity index (χ1v) is 7.82. The van der Waals surface area contributed by atoms with Gasteiger partial charge in [0.1, 0.15) is 0 Å². The van der Waals surface area contributed by atoms with Crippen LogP contribution in [0.1, 0.15) is 72.1 Å². The predicted molar refractivity (Wildman–Crippen MR) is 76.5 cm³/mol. The molecule has 18 heavy (non-hydrogen) atoms. The highest BCUT2D eigenvalue weighted by molar-refractivity contribution is 4.99. The van der Waals surface area contributed by atoms with E-state index in [0.29, 0.717) is 17.4 Å². The summed E-state index contributed by atoms with van der Waals surface area (Å²) in [6.07, 6.45) is 10.5. The molecule has 0 amide bonds. The molecule has 0 bridgehead atoms. The van der Waals surface area contributed by atoms with Crippen molar-refractivity contribution in [1.29, 1.82) is 0 Å². The first-order chi connectivity index (χ1) is 8.42. The van der Waals surface area contributed by atoms with E-state index < -0.39 is 0 Å². The number of ether oxygens (including phenoxy) is 1. The Bertz CT molecular complexity index is 265. The van der Waals surface area contributed by atoms with Gasteiger partial charge in [0.2, 0.25) is 0 Å². The molecule has 1 saturated heterocycles. The monoisotopic (exact) mass is 253 g/mol. The third-order valence-electron chi connectivity index (χ3n) is 5.08. The van der Waals surface area contributed by atoms with Crippen molar-refractivity contribution in [3.05, 3.63) is 0 Å². The van der Waals surface area contributed by atoms with Gasteiger partial charge in [-0.25, -0.2) is 0 Å². The molecular weight excluding hydrogens is 222 g/mol. The lowest BCUT2D eigenvalue weighted by atomic mass is 9.61. The summed E-state index contributed by atoms with van der Waals surface area (Å²) in [6, 6.07) is 0. The standard InChI is InChI=1S/C16H31NO/c1-15(2,3)14-8-4-5-10-16(14,17)11-9-13-7-6-12-18-13/h13-14H,4-12,17H2,1-3H3. The van der Waals surface area contributed by atoms with Crippen LogP contribution in [-0.2, 0) is 4.74 Å². The van der Waals surface area contributed by atoms with Crippen molar-refractivity contribution in [2.45, 2.75) is 83.8 Å². The lowest BCUT2D eigenvalue weighted by Gasteiger charge is -2.48. The van der Waals surface area contributed by atoms with Crippen LogP contribution in [0.15, 0.2) is 0 Å². The van der Waals surface area contributed by atoms with Crippen molar-refractivity contribution in [2.24, 2.45) is 17.1 Å². The fourth-order valence-corrected chi connectivity index (χ4v) is 4.16. The summed E-state index contributed by atoms with van der Waals surface area (Å²) in [4.78, 5) is 0. The number of hydrogen-bond donors (Lipinski definition) is 1. The van der Waals surface area contributed by atoms with Crippen LogP contribution in [0.25, 0.3) is 0 Å². The van der Waals surface area contributed by atoms with Gasteiger partial charge in [0.15, 0.2) is 0 Å². The van der Waals surface area contributed by atoms with Crippen molar-refractivity contribution in [3.63, 3.8) is 0 Å². The van der Waals surface area contributed by atoms with Crippen LogP contribution in [0, 0.1) is 11.3 Å². The second-order valence-corrected chi connectivity index (χ2v) is 7.57. The molecule has 1 aliphatic heterocycles. The van der Waals surface area contributed by atoms with E-state index in [1.165, 1.54) is 44.9 Å². The SMILES string of the molecule is CC(C)(C)C1CCCCC1(N)CCC1CCCO1. The molecule has 0 aromatic carbocycles. The fraction of sp³-hybridized carbons (Fsp3) is 1.00. The van der Waals surface area contributed by atoms with E-state index in [1.807, 2.05) is 0 Å². The van der Waals surface area contributed by atoms with Gasteiger partial charge in [0.05, 0.1) is 6.10 Å². The zero-order valence-corrected chi connectivity index (χ0v) is 12.5. The molecule has 1 heterocycles. The van der Waals surface area contributed by atoms with E-state index in [-0.39, 0.29) is 5.54 Å². The van der Waals surface area contributed by atoms with Crippen LogP contribution in [0.2, 0.25) is 0 Å². The molecule has 2 fully saturated rings. The first kappa shape index (κ1) is 14.3.